The van der Waals surface area contributed by atoms with Gasteiger partial charge in [0, 0.05) is 52.4 Å². The first-order valence-corrected chi connectivity index (χ1v) is 12.0. The van der Waals surface area contributed by atoms with Gasteiger partial charge >= 0.3 is 0 Å². The maximum absolute atomic E-state index is 12.9. The summed E-state index contributed by atoms with van der Waals surface area (Å²) in [6.07, 6.45) is 9.11. The van der Waals surface area contributed by atoms with Gasteiger partial charge < -0.3 is 15.5 Å². The van der Waals surface area contributed by atoms with Crippen molar-refractivity contribution in [3.63, 3.8) is 0 Å². The van der Waals surface area contributed by atoms with Gasteiger partial charge in [-0.25, -0.2) is 0 Å². The number of hydrogen-bond acceptors (Lipinski definition) is 3. The lowest BCUT2D eigenvalue weighted by Gasteiger charge is -2.40. The first-order valence-electron chi connectivity index (χ1n) is 12.0. The minimum Gasteiger partial charge on any atom is -0.355 e. The molecule has 2 N–H and O–H groups in total. The number of halogens is 1. The van der Waals surface area contributed by atoms with E-state index in [9.17, 15) is 4.79 Å². The molecule has 32 heavy (non-hydrogen) atoms. The van der Waals surface area contributed by atoms with E-state index in [0.717, 1.165) is 51.0 Å². The molecular weight excluding hydrogens is 513 g/mol. The van der Waals surface area contributed by atoms with Gasteiger partial charge in [-0.05, 0) is 44.1 Å². The highest BCUT2D eigenvalue weighted by molar-refractivity contribution is 14.0. The van der Waals surface area contributed by atoms with Crippen LogP contribution < -0.4 is 10.6 Å². The fourth-order valence-electron chi connectivity index (χ4n) is 6.08. The summed E-state index contributed by atoms with van der Waals surface area (Å²) in [4.78, 5) is 21.8. The highest BCUT2D eigenvalue weighted by Gasteiger charge is 2.43. The Kier molecular flexibility index (Phi) is 8.83. The van der Waals surface area contributed by atoms with E-state index in [1.807, 2.05) is 21.1 Å². The van der Waals surface area contributed by atoms with Crippen molar-refractivity contribution < 1.29 is 4.79 Å². The lowest BCUT2D eigenvalue weighted by Crippen LogP contribution is -2.54. The average molecular weight is 554 g/mol. The van der Waals surface area contributed by atoms with Gasteiger partial charge in [-0.3, -0.25) is 14.7 Å². The number of nitrogens with zero attached hydrogens (tertiary/aromatic N) is 3. The van der Waals surface area contributed by atoms with E-state index in [0.29, 0.717) is 24.7 Å². The molecule has 6 nitrogen and oxygen atoms in total. The monoisotopic (exact) mass is 553 g/mol. The third kappa shape index (κ3) is 5.58. The normalized spacial score (nSPS) is 27.0. The second-order valence-electron chi connectivity index (χ2n) is 9.97. The topological polar surface area (TPSA) is 60.0 Å². The number of benzene rings is 1. The van der Waals surface area contributed by atoms with Crippen molar-refractivity contribution in [1.29, 1.82) is 0 Å². The van der Waals surface area contributed by atoms with Gasteiger partial charge in [0.2, 0.25) is 5.91 Å². The fraction of sp³-hybridized carbons (Fsp3) is 0.680. The SMILES string of the molecule is CN=C(NCC1(C(=O)N(C)C)CCCC1)NC1CC2CCC(C1)N2Cc1ccccc1.I. The Morgan fingerprint density at radius 1 is 1.12 bits per heavy atom. The number of rotatable bonds is 6. The maximum atomic E-state index is 12.9. The van der Waals surface area contributed by atoms with Gasteiger partial charge in [0.25, 0.3) is 0 Å². The molecule has 3 fully saturated rings. The highest BCUT2D eigenvalue weighted by atomic mass is 127. The van der Waals surface area contributed by atoms with E-state index in [1.165, 1.54) is 18.4 Å². The van der Waals surface area contributed by atoms with Crippen LogP contribution in [-0.4, -0.2) is 67.5 Å². The van der Waals surface area contributed by atoms with Crippen molar-refractivity contribution in [3.8, 4) is 0 Å². The molecule has 178 valence electrons. The van der Waals surface area contributed by atoms with E-state index in [4.69, 9.17) is 0 Å². The lowest BCUT2D eigenvalue weighted by molar-refractivity contribution is -0.138. The zero-order valence-electron chi connectivity index (χ0n) is 19.8. The fourth-order valence-corrected chi connectivity index (χ4v) is 6.08. The number of amides is 1. The molecule has 0 radical (unpaired) electrons. The predicted molar refractivity (Wildman–Crippen MR) is 141 cm³/mol. The Hall–Kier alpha value is -1.35. The summed E-state index contributed by atoms with van der Waals surface area (Å²) in [6, 6.07) is 12.6. The van der Waals surface area contributed by atoms with Gasteiger partial charge in [0.15, 0.2) is 5.96 Å². The molecule has 2 heterocycles. The van der Waals surface area contributed by atoms with Gasteiger partial charge in [-0.15, -0.1) is 24.0 Å². The summed E-state index contributed by atoms with van der Waals surface area (Å²) in [5.74, 6) is 1.10. The summed E-state index contributed by atoms with van der Waals surface area (Å²) >= 11 is 0. The molecule has 1 saturated carbocycles. The van der Waals surface area contributed by atoms with Gasteiger partial charge in [0.1, 0.15) is 0 Å². The molecule has 0 spiro atoms. The number of piperidine rings is 1. The summed E-state index contributed by atoms with van der Waals surface area (Å²) in [5.41, 5.74) is 1.13. The van der Waals surface area contributed by atoms with Crippen molar-refractivity contribution in [2.75, 3.05) is 27.7 Å². The third-order valence-corrected chi connectivity index (χ3v) is 7.67. The molecule has 4 rings (SSSR count). The number of guanidine groups is 1. The molecule has 1 aliphatic carbocycles. The lowest BCUT2D eigenvalue weighted by atomic mass is 9.84. The van der Waals surface area contributed by atoms with Crippen molar-refractivity contribution >= 4 is 35.8 Å². The summed E-state index contributed by atoms with van der Waals surface area (Å²) in [5, 5.41) is 7.20. The molecule has 0 aromatic heterocycles. The molecule has 3 aliphatic rings. The van der Waals surface area contributed by atoms with Crippen LogP contribution in [0.4, 0.5) is 0 Å². The molecule has 2 unspecified atom stereocenters. The minimum atomic E-state index is -0.279. The van der Waals surface area contributed by atoms with Crippen molar-refractivity contribution in [1.82, 2.24) is 20.4 Å². The Bertz CT molecular complexity index is 764. The van der Waals surface area contributed by atoms with Crippen molar-refractivity contribution in [2.45, 2.75) is 76.0 Å². The molecule has 2 atom stereocenters. The van der Waals surface area contributed by atoms with Gasteiger partial charge in [-0.1, -0.05) is 43.2 Å². The van der Waals surface area contributed by atoms with E-state index < -0.39 is 0 Å². The summed E-state index contributed by atoms with van der Waals surface area (Å²) in [7, 11) is 5.58. The van der Waals surface area contributed by atoms with Crippen LogP contribution in [-0.2, 0) is 11.3 Å². The number of fused-ring (bicyclic) bond motifs is 2. The molecule has 1 amide bonds. The second-order valence-corrected chi connectivity index (χ2v) is 9.97. The van der Waals surface area contributed by atoms with E-state index >= 15 is 0 Å². The van der Waals surface area contributed by atoms with Crippen LogP contribution in [0, 0.1) is 5.41 Å². The predicted octanol–water partition coefficient (Wildman–Crippen LogP) is 3.61. The molecular formula is C25H40IN5O. The van der Waals surface area contributed by atoms with Crippen LogP contribution in [0.15, 0.2) is 35.3 Å². The Labute approximate surface area is 210 Å². The van der Waals surface area contributed by atoms with Crippen molar-refractivity contribution in [2.24, 2.45) is 10.4 Å². The molecule has 7 heteroatoms. The smallest absolute Gasteiger partial charge is 0.230 e. The number of aliphatic imine (C=N–C) groups is 1. The van der Waals surface area contributed by atoms with Crippen LogP contribution in [0.3, 0.4) is 0 Å². The third-order valence-electron chi connectivity index (χ3n) is 7.67. The van der Waals surface area contributed by atoms with E-state index in [-0.39, 0.29) is 35.3 Å². The minimum absolute atomic E-state index is 0. The first kappa shape index (κ1) is 25.3. The van der Waals surface area contributed by atoms with E-state index in [1.54, 1.807) is 4.90 Å². The van der Waals surface area contributed by atoms with Gasteiger partial charge in [0.05, 0.1) is 5.41 Å². The molecule has 2 bridgehead atoms. The maximum Gasteiger partial charge on any atom is 0.230 e. The van der Waals surface area contributed by atoms with Crippen LogP contribution in [0.1, 0.15) is 56.9 Å². The van der Waals surface area contributed by atoms with Crippen LogP contribution in [0.25, 0.3) is 0 Å². The standard InChI is InChI=1S/C25H39N5O.HI/c1-26-24(27-18-25(13-7-8-14-25)23(31)29(2)3)28-20-15-21-11-12-22(16-20)30(21)17-19-9-5-4-6-10-19;/h4-6,9-10,20-22H,7-8,11-18H2,1-3H3,(H2,26,27,28);1H. The molecule has 1 aromatic carbocycles. The quantitative estimate of drug-likeness (QED) is 0.321. The van der Waals surface area contributed by atoms with Crippen LogP contribution in [0.5, 0.6) is 0 Å². The summed E-state index contributed by atoms with van der Waals surface area (Å²) in [6.45, 7) is 1.73. The average Bonchev–Trinajstić information content (AvgIpc) is 3.34. The second kappa shape index (κ2) is 11.2. The number of hydrogen-bond donors (Lipinski definition) is 2. The Morgan fingerprint density at radius 2 is 1.75 bits per heavy atom. The number of nitrogens with one attached hydrogen (secondary N) is 2. The molecule has 1 aromatic rings. The highest BCUT2D eigenvalue weighted by Crippen LogP contribution is 2.39. The van der Waals surface area contributed by atoms with Crippen molar-refractivity contribution in [3.05, 3.63) is 35.9 Å². The molecule has 2 saturated heterocycles. The van der Waals surface area contributed by atoms with Gasteiger partial charge in [-0.2, -0.15) is 0 Å². The Morgan fingerprint density at radius 3 is 2.31 bits per heavy atom. The first-order chi connectivity index (χ1) is 15.0. The number of carbonyl (C=O) groups is 1. The number of carbonyl (C=O) groups excluding carboxylic acids is 1. The zero-order chi connectivity index (χ0) is 21.8. The van der Waals surface area contributed by atoms with Crippen LogP contribution in [0.2, 0.25) is 0 Å². The largest absolute Gasteiger partial charge is 0.355 e. The van der Waals surface area contributed by atoms with E-state index in [2.05, 4.69) is 50.9 Å². The summed E-state index contributed by atoms with van der Waals surface area (Å²) < 4.78 is 0. The molecule has 2 aliphatic heterocycles. The van der Waals surface area contributed by atoms with Crippen LogP contribution >= 0.6 is 24.0 Å². The zero-order valence-corrected chi connectivity index (χ0v) is 22.2. The Balaban J connectivity index is 0.00000289.